The van der Waals surface area contributed by atoms with E-state index in [0.29, 0.717) is 0 Å². The van der Waals surface area contributed by atoms with Crippen molar-refractivity contribution in [3.8, 4) is 0 Å². The van der Waals surface area contributed by atoms with Crippen molar-refractivity contribution in [3.63, 3.8) is 0 Å². The molecular formula is C19H30N4O2. The van der Waals surface area contributed by atoms with Crippen LogP contribution < -0.4 is 10.2 Å². The summed E-state index contributed by atoms with van der Waals surface area (Å²) in [4.78, 5) is 21.2. The molecule has 2 saturated heterocycles. The van der Waals surface area contributed by atoms with Crippen LogP contribution in [0.25, 0.3) is 0 Å². The zero-order valence-electron chi connectivity index (χ0n) is 15.4. The Morgan fingerprint density at radius 1 is 1.08 bits per heavy atom. The van der Waals surface area contributed by atoms with Crippen molar-refractivity contribution >= 4 is 17.5 Å². The minimum Gasteiger partial charge on any atom is -0.372 e. The number of hydrogen-bond donors (Lipinski definition) is 1. The quantitative estimate of drug-likeness (QED) is 0.890. The molecule has 1 N–H and O–H groups in total. The van der Waals surface area contributed by atoms with E-state index in [4.69, 9.17) is 4.74 Å². The fraction of sp³-hybridized carbons (Fsp3) is 0.684. The van der Waals surface area contributed by atoms with Crippen molar-refractivity contribution in [1.82, 2.24) is 9.88 Å². The summed E-state index contributed by atoms with van der Waals surface area (Å²) in [7, 11) is 0. The summed E-state index contributed by atoms with van der Waals surface area (Å²) < 4.78 is 5.77. The maximum atomic E-state index is 12.5. The van der Waals surface area contributed by atoms with E-state index >= 15 is 0 Å². The Bertz CT molecular complexity index is 545. The highest BCUT2D eigenvalue weighted by Gasteiger charge is 2.23. The summed E-state index contributed by atoms with van der Waals surface area (Å²) in [5, 5.41) is 2.99. The van der Waals surface area contributed by atoms with E-state index < -0.39 is 0 Å². The first-order chi connectivity index (χ1) is 12.1. The largest absolute Gasteiger partial charge is 0.372 e. The predicted molar refractivity (Wildman–Crippen MR) is 100 cm³/mol. The third kappa shape index (κ3) is 5.08. The second-order valence-electron chi connectivity index (χ2n) is 7.25. The molecule has 3 rings (SSSR count). The summed E-state index contributed by atoms with van der Waals surface area (Å²) in [5.41, 5.74) is 0.755. The van der Waals surface area contributed by atoms with Crippen LogP contribution in [0.2, 0.25) is 0 Å². The highest BCUT2D eigenvalue weighted by atomic mass is 16.5. The number of anilines is 2. The smallest absolute Gasteiger partial charge is 0.321 e. The monoisotopic (exact) mass is 346 g/mol. The van der Waals surface area contributed by atoms with Gasteiger partial charge in [0.05, 0.1) is 24.1 Å². The zero-order chi connectivity index (χ0) is 17.6. The molecule has 6 heteroatoms. The normalized spacial score (nSPS) is 25.2. The average molecular weight is 346 g/mol. The Morgan fingerprint density at radius 2 is 1.72 bits per heavy atom. The number of ether oxygens (including phenoxy) is 1. The number of nitrogens with one attached hydrogen (secondary N) is 1. The number of urea groups is 1. The molecule has 0 spiro atoms. The van der Waals surface area contributed by atoms with Crippen LogP contribution in [0.3, 0.4) is 0 Å². The van der Waals surface area contributed by atoms with Gasteiger partial charge in [-0.25, -0.2) is 9.78 Å². The van der Waals surface area contributed by atoms with Crippen molar-refractivity contribution in [2.75, 3.05) is 36.4 Å². The highest BCUT2D eigenvalue weighted by molar-refractivity contribution is 5.89. The minimum atomic E-state index is -0.00920. The fourth-order valence-corrected chi connectivity index (χ4v) is 3.67. The molecule has 0 radical (unpaired) electrons. The molecule has 2 aliphatic rings. The van der Waals surface area contributed by atoms with Gasteiger partial charge in [-0.05, 0) is 38.8 Å². The third-order valence-electron chi connectivity index (χ3n) is 4.89. The van der Waals surface area contributed by atoms with Crippen molar-refractivity contribution in [2.24, 2.45) is 0 Å². The van der Waals surface area contributed by atoms with Crippen LogP contribution >= 0.6 is 0 Å². The van der Waals surface area contributed by atoms with Gasteiger partial charge in [0.2, 0.25) is 0 Å². The number of carbonyl (C=O) groups is 1. The average Bonchev–Trinajstić information content (AvgIpc) is 2.54. The molecule has 1 aromatic rings. The van der Waals surface area contributed by atoms with Crippen molar-refractivity contribution in [2.45, 2.75) is 58.2 Å². The topological polar surface area (TPSA) is 57.7 Å². The highest BCUT2D eigenvalue weighted by Crippen LogP contribution is 2.20. The lowest BCUT2D eigenvalue weighted by Gasteiger charge is -2.36. The van der Waals surface area contributed by atoms with Gasteiger partial charge in [-0.1, -0.05) is 19.3 Å². The number of rotatable bonds is 2. The van der Waals surface area contributed by atoms with Crippen molar-refractivity contribution in [1.29, 1.82) is 0 Å². The van der Waals surface area contributed by atoms with E-state index in [1.807, 2.05) is 17.0 Å². The maximum Gasteiger partial charge on any atom is 0.321 e. The number of likely N-dealkylation sites (tertiary alicyclic amines) is 1. The van der Waals surface area contributed by atoms with Gasteiger partial charge in [0.15, 0.2) is 0 Å². The van der Waals surface area contributed by atoms with Crippen LogP contribution in [0.1, 0.15) is 46.0 Å². The first-order valence-corrected chi connectivity index (χ1v) is 9.54. The van der Waals surface area contributed by atoms with Crippen LogP contribution in [0.5, 0.6) is 0 Å². The summed E-state index contributed by atoms with van der Waals surface area (Å²) in [5.74, 6) is 0.936. The SMILES string of the molecule is C[C@@H]1CN(c2ccc(NC(=O)N3CCCCCCC3)cn2)C[C@@H](C)O1. The number of pyridine rings is 1. The van der Waals surface area contributed by atoms with Gasteiger partial charge in [0.25, 0.3) is 0 Å². The molecule has 2 aliphatic heterocycles. The summed E-state index contributed by atoms with van der Waals surface area (Å²) in [6.07, 6.45) is 8.08. The van der Waals surface area contributed by atoms with E-state index in [9.17, 15) is 4.79 Å². The lowest BCUT2D eigenvalue weighted by atomic mass is 10.1. The molecule has 0 saturated carbocycles. The number of aromatic nitrogens is 1. The Hall–Kier alpha value is -1.82. The first-order valence-electron chi connectivity index (χ1n) is 9.54. The third-order valence-corrected chi connectivity index (χ3v) is 4.89. The van der Waals surface area contributed by atoms with Crippen molar-refractivity contribution in [3.05, 3.63) is 18.3 Å². The molecule has 138 valence electrons. The van der Waals surface area contributed by atoms with Crippen LogP contribution in [-0.2, 0) is 4.74 Å². The number of hydrogen-bond acceptors (Lipinski definition) is 4. The molecular weight excluding hydrogens is 316 g/mol. The van der Waals surface area contributed by atoms with Crippen LogP contribution in [0.4, 0.5) is 16.3 Å². The van der Waals surface area contributed by atoms with E-state index in [0.717, 1.165) is 50.5 Å². The van der Waals surface area contributed by atoms with Gasteiger partial charge in [0, 0.05) is 26.2 Å². The molecule has 25 heavy (non-hydrogen) atoms. The van der Waals surface area contributed by atoms with Crippen LogP contribution in [-0.4, -0.2) is 54.3 Å². The van der Waals surface area contributed by atoms with Gasteiger partial charge in [-0.2, -0.15) is 0 Å². The number of morpholine rings is 1. The van der Waals surface area contributed by atoms with Gasteiger partial charge >= 0.3 is 6.03 Å². The number of nitrogens with zero attached hydrogens (tertiary/aromatic N) is 3. The molecule has 0 aliphatic carbocycles. The number of amides is 2. The Labute approximate surface area is 150 Å². The zero-order valence-corrected chi connectivity index (χ0v) is 15.4. The van der Waals surface area contributed by atoms with E-state index in [1.54, 1.807) is 6.20 Å². The van der Waals surface area contributed by atoms with E-state index in [1.165, 1.54) is 19.3 Å². The van der Waals surface area contributed by atoms with Gasteiger partial charge in [0.1, 0.15) is 5.82 Å². The maximum absolute atomic E-state index is 12.5. The predicted octanol–water partition coefficient (Wildman–Crippen LogP) is 3.49. The van der Waals surface area contributed by atoms with Gasteiger partial charge in [-0.15, -0.1) is 0 Å². The standard InChI is InChI=1S/C19H30N4O2/c1-15-13-23(14-16(2)25-15)18-9-8-17(12-20-18)21-19(24)22-10-6-4-3-5-7-11-22/h8-9,12,15-16H,3-7,10-11,13-14H2,1-2H3,(H,21,24)/t15-,16-/m1/s1. The molecule has 2 amide bonds. The molecule has 3 heterocycles. The van der Waals surface area contributed by atoms with Crippen LogP contribution in [0, 0.1) is 0 Å². The second kappa shape index (κ2) is 8.52. The summed E-state index contributed by atoms with van der Waals surface area (Å²) >= 11 is 0. The van der Waals surface area contributed by atoms with E-state index in [2.05, 4.69) is 29.0 Å². The fourth-order valence-electron chi connectivity index (χ4n) is 3.67. The summed E-state index contributed by atoms with van der Waals surface area (Å²) in [6.45, 7) is 7.55. The summed E-state index contributed by atoms with van der Waals surface area (Å²) in [6, 6.07) is 3.91. The molecule has 1 aromatic heterocycles. The first kappa shape index (κ1) is 18.0. The molecule has 2 atom stereocenters. The number of carbonyl (C=O) groups excluding carboxylic acids is 1. The molecule has 6 nitrogen and oxygen atoms in total. The Kier molecular flexibility index (Phi) is 6.13. The van der Waals surface area contributed by atoms with Crippen molar-refractivity contribution < 1.29 is 9.53 Å². The molecule has 0 unspecified atom stereocenters. The Morgan fingerprint density at radius 3 is 2.32 bits per heavy atom. The van der Waals surface area contributed by atoms with Gasteiger partial charge < -0.3 is 19.9 Å². The minimum absolute atomic E-state index is 0.00920. The van der Waals surface area contributed by atoms with Gasteiger partial charge in [-0.3, -0.25) is 0 Å². The molecule has 2 fully saturated rings. The second-order valence-corrected chi connectivity index (χ2v) is 7.25. The molecule has 0 aromatic carbocycles. The lowest BCUT2D eigenvalue weighted by molar-refractivity contribution is -0.00545. The lowest BCUT2D eigenvalue weighted by Crippen LogP contribution is -2.45. The molecule has 0 bridgehead atoms. The Balaban J connectivity index is 1.57. The van der Waals surface area contributed by atoms with Crippen LogP contribution in [0.15, 0.2) is 18.3 Å². The van der Waals surface area contributed by atoms with E-state index in [-0.39, 0.29) is 18.2 Å².